The molecule has 0 aromatic heterocycles. The molecule has 2 N–H and O–H groups in total. The van der Waals surface area contributed by atoms with E-state index in [9.17, 15) is 18.0 Å². The number of carbonyl (C=O) groups excluding carboxylic acids is 2. The lowest BCUT2D eigenvalue weighted by Gasteiger charge is -2.26. The van der Waals surface area contributed by atoms with Gasteiger partial charge < -0.3 is 15.4 Å². The van der Waals surface area contributed by atoms with Crippen molar-refractivity contribution in [2.75, 3.05) is 26.3 Å². The van der Waals surface area contributed by atoms with Gasteiger partial charge in [-0.2, -0.15) is 4.31 Å². The van der Waals surface area contributed by atoms with Crippen molar-refractivity contribution >= 4 is 21.8 Å². The number of morpholine rings is 1. The van der Waals surface area contributed by atoms with Crippen molar-refractivity contribution < 1.29 is 22.7 Å². The molecule has 1 fully saturated rings. The molecule has 2 amide bonds. The molecule has 2 aromatic carbocycles. The van der Waals surface area contributed by atoms with Crippen molar-refractivity contribution in [1.82, 2.24) is 14.9 Å². The number of carbonyl (C=O) groups is 2. The number of rotatable bonds is 6. The van der Waals surface area contributed by atoms with Crippen LogP contribution in [0.2, 0.25) is 0 Å². The molecular formula is C21H25N3O5S. The predicted molar refractivity (Wildman–Crippen MR) is 111 cm³/mol. The van der Waals surface area contributed by atoms with Gasteiger partial charge in [-0.3, -0.25) is 9.59 Å². The van der Waals surface area contributed by atoms with Gasteiger partial charge in [-0.05, 0) is 30.2 Å². The molecular weight excluding hydrogens is 406 g/mol. The first-order valence-corrected chi connectivity index (χ1v) is 11.1. The summed E-state index contributed by atoms with van der Waals surface area (Å²) in [7, 11) is -3.56. The molecule has 0 aliphatic carbocycles. The molecule has 30 heavy (non-hydrogen) atoms. The summed E-state index contributed by atoms with van der Waals surface area (Å²) in [6.07, 6.45) is 0. The fourth-order valence-corrected chi connectivity index (χ4v) is 4.47. The Morgan fingerprint density at radius 2 is 1.63 bits per heavy atom. The third-order valence-corrected chi connectivity index (χ3v) is 6.75. The van der Waals surface area contributed by atoms with Crippen LogP contribution in [0.15, 0.2) is 59.5 Å². The van der Waals surface area contributed by atoms with Gasteiger partial charge in [0.2, 0.25) is 10.0 Å². The zero-order chi connectivity index (χ0) is 21.6. The summed E-state index contributed by atoms with van der Waals surface area (Å²) in [4.78, 5) is 24.4. The lowest BCUT2D eigenvalue weighted by molar-refractivity contribution is -0.139. The zero-order valence-electron chi connectivity index (χ0n) is 16.7. The number of benzene rings is 2. The highest BCUT2D eigenvalue weighted by Gasteiger charge is 2.26. The van der Waals surface area contributed by atoms with Crippen molar-refractivity contribution in [1.29, 1.82) is 0 Å². The summed E-state index contributed by atoms with van der Waals surface area (Å²) < 4.78 is 31.8. The van der Waals surface area contributed by atoms with Gasteiger partial charge in [0.05, 0.1) is 24.2 Å². The van der Waals surface area contributed by atoms with Gasteiger partial charge in [-0.25, -0.2) is 8.42 Å². The smallest absolute Gasteiger partial charge is 0.309 e. The summed E-state index contributed by atoms with van der Waals surface area (Å²) >= 11 is 0. The van der Waals surface area contributed by atoms with Gasteiger partial charge in [-0.1, -0.05) is 42.5 Å². The Kier molecular flexibility index (Phi) is 7.20. The molecule has 0 radical (unpaired) electrons. The summed E-state index contributed by atoms with van der Waals surface area (Å²) in [5.74, 6) is -1.47. The van der Waals surface area contributed by atoms with Crippen LogP contribution in [0.4, 0.5) is 0 Å². The molecule has 1 atom stereocenters. The number of sulfonamides is 1. The highest BCUT2D eigenvalue weighted by Crippen LogP contribution is 2.17. The minimum Gasteiger partial charge on any atom is -0.379 e. The highest BCUT2D eigenvalue weighted by atomic mass is 32.2. The van der Waals surface area contributed by atoms with Gasteiger partial charge in [-0.15, -0.1) is 0 Å². The summed E-state index contributed by atoms with van der Waals surface area (Å²) in [5, 5.41) is 5.20. The van der Waals surface area contributed by atoms with Crippen LogP contribution in [0.25, 0.3) is 0 Å². The second kappa shape index (κ2) is 9.84. The maximum absolute atomic E-state index is 12.6. The van der Waals surface area contributed by atoms with Crippen LogP contribution in [0.3, 0.4) is 0 Å². The maximum atomic E-state index is 12.6. The van der Waals surface area contributed by atoms with Crippen LogP contribution in [0.1, 0.15) is 24.1 Å². The number of nitrogens with zero attached hydrogens (tertiary/aromatic N) is 1. The van der Waals surface area contributed by atoms with Crippen LogP contribution in [-0.4, -0.2) is 50.8 Å². The van der Waals surface area contributed by atoms with E-state index in [1.165, 1.54) is 16.4 Å². The van der Waals surface area contributed by atoms with E-state index in [2.05, 4.69) is 10.6 Å². The van der Waals surface area contributed by atoms with Gasteiger partial charge in [0.25, 0.3) is 0 Å². The first-order chi connectivity index (χ1) is 14.4. The average Bonchev–Trinajstić information content (AvgIpc) is 2.78. The molecule has 0 bridgehead atoms. The van der Waals surface area contributed by atoms with Crippen molar-refractivity contribution in [2.45, 2.75) is 24.4 Å². The van der Waals surface area contributed by atoms with Crippen LogP contribution in [0, 0.1) is 0 Å². The quantitative estimate of drug-likeness (QED) is 0.669. The molecule has 3 rings (SSSR count). The third kappa shape index (κ3) is 5.44. The summed E-state index contributed by atoms with van der Waals surface area (Å²) in [6.45, 7) is 3.34. The third-order valence-electron chi connectivity index (χ3n) is 4.84. The zero-order valence-corrected chi connectivity index (χ0v) is 17.5. The highest BCUT2D eigenvalue weighted by molar-refractivity contribution is 7.89. The Balaban J connectivity index is 1.53. The lowest BCUT2D eigenvalue weighted by atomic mass is 10.1. The van der Waals surface area contributed by atoms with Crippen LogP contribution >= 0.6 is 0 Å². The summed E-state index contributed by atoms with van der Waals surface area (Å²) in [5.41, 5.74) is 1.59. The van der Waals surface area contributed by atoms with E-state index >= 15 is 0 Å². The largest absolute Gasteiger partial charge is 0.379 e. The summed E-state index contributed by atoms with van der Waals surface area (Å²) in [6, 6.07) is 15.3. The van der Waals surface area contributed by atoms with Crippen LogP contribution in [0.5, 0.6) is 0 Å². The molecule has 0 saturated carbocycles. The second-order valence-electron chi connectivity index (χ2n) is 6.95. The lowest BCUT2D eigenvalue weighted by Crippen LogP contribution is -2.40. The normalized spacial score (nSPS) is 15.9. The number of hydrogen-bond acceptors (Lipinski definition) is 5. The van der Waals surface area contributed by atoms with Gasteiger partial charge >= 0.3 is 11.8 Å². The van der Waals surface area contributed by atoms with Gasteiger partial charge in [0, 0.05) is 19.6 Å². The van der Waals surface area contributed by atoms with E-state index in [4.69, 9.17) is 4.74 Å². The van der Waals surface area contributed by atoms with E-state index in [-0.39, 0.29) is 17.5 Å². The monoisotopic (exact) mass is 431 g/mol. The van der Waals surface area contributed by atoms with E-state index < -0.39 is 21.8 Å². The molecule has 1 heterocycles. The molecule has 8 nitrogen and oxygen atoms in total. The Morgan fingerprint density at radius 1 is 1.00 bits per heavy atom. The van der Waals surface area contributed by atoms with Crippen molar-refractivity contribution in [3.05, 3.63) is 65.7 Å². The predicted octanol–water partition coefficient (Wildman–Crippen LogP) is 1.20. The minimum atomic E-state index is -3.56. The second-order valence-corrected chi connectivity index (χ2v) is 8.89. The Morgan fingerprint density at radius 3 is 2.27 bits per heavy atom. The van der Waals surface area contributed by atoms with Crippen LogP contribution in [-0.2, 0) is 30.9 Å². The Labute approximate surface area is 176 Å². The molecule has 1 saturated heterocycles. The fourth-order valence-electron chi connectivity index (χ4n) is 3.07. The first-order valence-electron chi connectivity index (χ1n) is 9.68. The Bertz CT molecular complexity index is 971. The molecule has 2 aromatic rings. The number of ether oxygens (including phenoxy) is 1. The van der Waals surface area contributed by atoms with Crippen molar-refractivity contribution in [2.24, 2.45) is 0 Å². The number of nitrogens with one attached hydrogen (secondary N) is 2. The number of hydrogen-bond donors (Lipinski definition) is 2. The maximum Gasteiger partial charge on any atom is 0.309 e. The molecule has 1 aliphatic heterocycles. The van der Waals surface area contributed by atoms with Crippen molar-refractivity contribution in [3.63, 3.8) is 0 Å². The molecule has 1 unspecified atom stereocenters. The minimum absolute atomic E-state index is 0.115. The van der Waals surface area contributed by atoms with Gasteiger partial charge in [0.1, 0.15) is 0 Å². The molecule has 9 heteroatoms. The fraction of sp³-hybridized carbons (Fsp3) is 0.333. The van der Waals surface area contributed by atoms with Crippen LogP contribution < -0.4 is 10.6 Å². The van der Waals surface area contributed by atoms with Gasteiger partial charge in [0.15, 0.2) is 0 Å². The number of amides is 2. The van der Waals surface area contributed by atoms with E-state index in [1.54, 1.807) is 19.1 Å². The van der Waals surface area contributed by atoms with E-state index in [1.807, 2.05) is 30.3 Å². The van der Waals surface area contributed by atoms with E-state index in [0.29, 0.717) is 31.9 Å². The molecule has 1 aliphatic rings. The Hall–Kier alpha value is -2.75. The van der Waals surface area contributed by atoms with Crippen molar-refractivity contribution in [3.8, 4) is 0 Å². The SMILES string of the molecule is CC(NC(=O)C(=O)NCc1ccc(S(=O)(=O)N2CCOCC2)cc1)c1ccccc1. The molecule has 0 spiro atoms. The topological polar surface area (TPSA) is 105 Å². The average molecular weight is 432 g/mol. The first kappa shape index (κ1) is 21.9. The van der Waals surface area contributed by atoms with E-state index in [0.717, 1.165) is 5.56 Å². The molecule has 160 valence electrons. The standard InChI is InChI=1S/C21H25N3O5S/c1-16(18-5-3-2-4-6-18)23-21(26)20(25)22-15-17-7-9-19(10-8-17)30(27,28)24-11-13-29-14-12-24/h2-10,16H,11-15H2,1H3,(H,22,25)(H,23,26).